The van der Waals surface area contributed by atoms with Gasteiger partial charge in [-0.15, -0.1) is 12.4 Å². The summed E-state index contributed by atoms with van der Waals surface area (Å²) in [6.45, 7) is 3.94. The molecule has 1 aliphatic rings. The van der Waals surface area contributed by atoms with Gasteiger partial charge in [0.1, 0.15) is 12.4 Å². The second-order valence-corrected chi connectivity index (χ2v) is 8.12. The number of amides is 2. The highest BCUT2D eigenvalue weighted by atomic mass is 35.5. The van der Waals surface area contributed by atoms with Crippen LogP contribution in [-0.2, 0) is 20.8 Å². The average molecular weight is 528 g/mol. The van der Waals surface area contributed by atoms with Crippen molar-refractivity contribution < 1.29 is 28.2 Å². The van der Waals surface area contributed by atoms with E-state index in [9.17, 15) is 18.8 Å². The molecule has 1 aliphatic heterocycles. The van der Waals surface area contributed by atoms with E-state index < -0.39 is 23.6 Å². The maximum absolute atomic E-state index is 14.1. The first-order valence-corrected chi connectivity index (χ1v) is 11.4. The van der Waals surface area contributed by atoms with Crippen LogP contribution in [0.15, 0.2) is 42.5 Å². The molecule has 35 heavy (non-hydrogen) atoms. The molecule has 11 heteroatoms. The summed E-state index contributed by atoms with van der Waals surface area (Å²) >= 11 is 6.03. The van der Waals surface area contributed by atoms with Crippen molar-refractivity contribution in [1.82, 2.24) is 15.5 Å². The SMILES string of the molecule is Cl.O=C(CNC(=O)OCCCN1CCOCC1)NCc1ccc(Cl)cc1C(=O)c1ccccc1F. The fourth-order valence-corrected chi connectivity index (χ4v) is 3.61. The Bertz CT molecular complexity index is 1020. The first-order chi connectivity index (χ1) is 16.4. The van der Waals surface area contributed by atoms with E-state index in [1.807, 2.05) is 0 Å². The molecule has 0 atom stereocenters. The van der Waals surface area contributed by atoms with Crippen LogP contribution >= 0.6 is 24.0 Å². The van der Waals surface area contributed by atoms with Crippen molar-refractivity contribution >= 4 is 41.8 Å². The molecule has 0 aromatic heterocycles. The number of ketones is 1. The number of rotatable bonds is 10. The highest BCUT2D eigenvalue weighted by Crippen LogP contribution is 2.21. The lowest BCUT2D eigenvalue weighted by Crippen LogP contribution is -2.38. The molecule has 0 saturated carbocycles. The number of nitrogens with zero attached hydrogens (tertiary/aromatic N) is 1. The number of carbonyl (C=O) groups is 3. The van der Waals surface area contributed by atoms with Crippen molar-refractivity contribution in [2.75, 3.05) is 46.0 Å². The third kappa shape index (κ3) is 9.10. The standard InChI is InChI=1S/C24H27ClFN3O5.ClH/c25-18-7-6-17(20(14-18)23(31)19-4-1-2-5-21(19)26)15-27-22(30)16-28-24(32)34-11-3-8-29-9-12-33-13-10-29;/h1-2,4-7,14H,3,8-13,15-16H2,(H,27,30)(H,28,32);1H. The number of carbonyl (C=O) groups excluding carboxylic acids is 3. The molecule has 1 heterocycles. The summed E-state index contributed by atoms with van der Waals surface area (Å²) in [5.74, 6) is -1.65. The number of hydrogen-bond acceptors (Lipinski definition) is 6. The number of alkyl carbamates (subject to hydrolysis) is 1. The highest BCUT2D eigenvalue weighted by Gasteiger charge is 2.18. The van der Waals surface area contributed by atoms with Crippen LogP contribution in [0.4, 0.5) is 9.18 Å². The van der Waals surface area contributed by atoms with Gasteiger partial charge in [-0.3, -0.25) is 14.5 Å². The molecule has 0 spiro atoms. The lowest BCUT2D eigenvalue weighted by molar-refractivity contribution is -0.120. The summed E-state index contributed by atoms with van der Waals surface area (Å²) in [6, 6.07) is 10.2. The van der Waals surface area contributed by atoms with Gasteiger partial charge < -0.3 is 20.1 Å². The van der Waals surface area contributed by atoms with Crippen LogP contribution in [0.3, 0.4) is 0 Å². The van der Waals surface area contributed by atoms with Crippen molar-refractivity contribution in [3.63, 3.8) is 0 Å². The van der Waals surface area contributed by atoms with Gasteiger partial charge in [0.15, 0.2) is 5.78 Å². The van der Waals surface area contributed by atoms with Gasteiger partial charge in [0.05, 0.1) is 25.4 Å². The molecule has 2 aromatic rings. The van der Waals surface area contributed by atoms with Gasteiger partial charge in [-0.1, -0.05) is 29.8 Å². The third-order valence-corrected chi connectivity index (χ3v) is 5.49. The lowest BCUT2D eigenvalue weighted by Gasteiger charge is -2.26. The molecule has 0 aliphatic carbocycles. The molecular formula is C24H28Cl2FN3O5. The van der Waals surface area contributed by atoms with E-state index in [0.29, 0.717) is 30.2 Å². The fraction of sp³-hybridized carbons (Fsp3) is 0.375. The molecule has 190 valence electrons. The molecule has 8 nitrogen and oxygen atoms in total. The minimum atomic E-state index is -0.681. The number of ether oxygens (including phenoxy) is 2. The van der Waals surface area contributed by atoms with Gasteiger partial charge in [-0.2, -0.15) is 0 Å². The van der Waals surface area contributed by atoms with E-state index in [1.54, 1.807) is 18.2 Å². The van der Waals surface area contributed by atoms with E-state index in [4.69, 9.17) is 21.1 Å². The highest BCUT2D eigenvalue weighted by molar-refractivity contribution is 6.31. The summed E-state index contributed by atoms with van der Waals surface area (Å²) in [4.78, 5) is 39.0. The zero-order valence-electron chi connectivity index (χ0n) is 19.1. The predicted molar refractivity (Wildman–Crippen MR) is 132 cm³/mol. The predicted octanol–water partition coefficient (Wildman–Crippen LogP) is 3.20. The Hall–Kier alpha value is -2.72. The molecule has 0 bridgehead atoms. The minimum absolute atomic E-state index is 0. The van der Waals surface area contributed by atoms with Crippen molar-refractivity contribution in [3.8, 4) is 0 Å². The topological polar surface area (TPSA) is 97.0 Å². The second-order valence-electron chi connectivity index (χ2n) is 7.68. The van der Waals surface area contributed by atoms with Gasteiger partial charge in [0, 0.05) is 36.8 Å². The molecule has 1 saturated heterocycles. The van der Waals surface area contributed by atoms with Crippen molar-refractivity contribution in [1.29, 1.82) is 0 Å². The molecule has 2 amide bonds. The number of nitrogens with one attached hydrogen (secondary N) is 2. The van der Waals surface area contributed by atoms with E-state index in [0.717, 1.165) is 19.6 Å². The van der Waals surface area contributed by atoms with Gasteiger partial charge >= 0.3 is 6.09 Å². The zero-order chi connectivity index (χ0) is 24.3. The smallest absolute Gasteiger partial charge is 0.407 e. The van der Waals surface area contributed by atoms with Crippen LogP contribution in [0.1, 0.15) is 27.9 Å². The van der Waals surface area contributed by atoms with Gasteiger partial charge in [-0.05, 0) is 36.2 Å². The summed E-state index contributed by atoms with van der Waals surface area (Å²) in [6.07, 6.45) is 0.00804. The van der Waals surface area contributed by atoms with Crippen LogP contribution in [0.25, 0.3) is 0 Å². The Labute approximate surface area is 214 Å². The molecular weight excluding hydrogens is 500 g/mol. The van der Waals surface area contributed by atoms with Crippen molar-refractivity contribution in [2.24, 2.45) is 0 Å². The Morgan fingerprint density at radius 1 is 1.06 bits per heavy atom. The van der Waals surface area contributed by atoms with Crippen LogP contribution in [0.2, 0.25) is 5.02 Å². The summed E-state index contributed by atoms with van der Waals surface area (Å²) in [5.41, 5.74) is 0.567. The van der Waals surface area contributed by atoms with E-state index >= 15 is 0 Å². The van der Waals surface area contributed by atoms with Gasteiger partial charge in [-0.25, -0.2) is 9.18 Å². The summed E-state index contributed by atoms with van der Waals surface area (Å²) < 4.78 is 24.4. The monoisotopic (exact) mass is 527 g/mol. The van der Waals surface area contributed by atoms with Crippen LogP contribution in [-0.4, -0.2) is 68.7 Å². The zero-order valence-corrected chi connectivity index (χ0v) is 20.6. The Balaban J connectivity index is 0.00000432. The molecule has 2 aromatic carbocycles. The Morgan fingerprint density at radius 3 is 2.54 bits per heavy atom. The molecule has 3 rings (SSSR count). The van der Waals surface area contributed by atoms with E-state index in [1.165, 1.54) is 24.3 Å². The normalized spacial score (nSPS) is 13.4. The fourth-order valence-electron chi connectivity index (χ4n) is 3.44. The lowest BCUT2D eigenvalue weighted by atomic mass is 9.98. The number of benzene rings is 2. The Kier molecular flexibility index (Phi) is 11.9. The van der Waals surface area contributed by atoms with Crippen molar-refractivity contribution in [2.45, 2.75) is 13.0 Å². The first kappa shape index (κ1) is 28.5. The van der Waals surface area contributed by atoms with Crippen molar-refractivity contribution in [3.05, 3.63) is 70.0 Å². The third-order valence-electron chi connectivity index (χ3n) is 5.26. The van der Waals surface area contributed by atoms with Crippen LogP contribution in [0, 0.1) is 5.82 Å². The largest absolute Gasteiger partial charge is 0.450 e. The molecule has 0 unspecified atom stereocenters. The number of hydrogen-bond donors (Lipinski definition) is 2. The number of morpholine rings is 1. The van der Waals surface area contributed by atoms with E-state index in [-0.39, 0.29) is 43.2 Å². The molecule has 2 N–H and O–H groups in total. The minimum Gasteiger partial charge on any atom is -0.450 e. The Morgan fingerprint density at radius 2 is 1.80 bits per heavy atom. The quantitative estimate of drug-likeness (QED) is 0.363. The van der Waals surface area contributed by atoms with Gasteiger partial charge in [0.25, 0.3) is 0 Å². The summed E-state index contributed by atoms with van der Waals surface area (Å²) in [7, 11) is 0. The first-order valence-electron chi connectivity index (χ1n) is 11.0. The number of halogens is 3. The summed E-state index contributed by atoms with van der Waals surface area (Å²) in [5, 5.41) is 5.33. The van der Waals surface area contributed by atoms with Crippen LogP contribution < -0.4 is 10.6 Å². The van der Waals surface area contributed by atoms with Crippen LogP contribution in [0.5, 0.6) is 0 Å². The average Bonchev–Trinajstić information content (AvgIpc) is 2.85. The van der Waals surface area contributed by atoms with E-state index in [2.05, 4.69) is 15.5 Å². The maximum Gasteiger partial charge on any atom is 0.407 e. The molecule has 1 fully saturated rings. The molecule has 0 radical (unpaired) electrons. The second kappa shape index (κ2) is 14.6. The maximum atomic E-state index is 14.1. The van der Waals surface area contributed by atoms with Gasteiger partial charge in [0.2, 0.25) is 5.91 Å².